The number of methoxy groups -OCH3 is 1. The molecule has 0 fully saturated rings. The summed E-state index contributed by atoms with van der Waals surface area (Å²) in [7, 11) is 1.38. The van der Waals surface area contributed by atoms with E-state index in [9.17, 15) is 19.7 Å². The van der Waals surface area contributed by atoms with Crippen LogP contribution in [0.4, 0.5) is 17.1 Å². The van der Waals surface area contributed by atoms with Crippen molar-refractivity contribution in [3.05, 3.63) is 58.1 Å². The first kappa shape index (κ1) is 19.7. The van der Waals surface area contributed by atoms with Crippen molar-refractivity contribution < 1.29 is 19.2 Å². The zero-order chi connectivity index (χ0) is 20.0. The molecule has 27 heavy (non-hydrogen) atoms. The lowest BCUT2D eigenvalue weighted by Crippen LogP contribution is -2.32. The van der Waals surface area contributed by atoms with Gasteiger partial charge in [-0.1, -0.05) is 18.2 Å². The summed E-state index contributed by atoms with van der Waals surface area (Å²) in [6.07, 6.45) is 0. The van der Waals surface area contributed by atoms with Gasteiger partial charge in [0.25, 0.3) is 11.6 Å². The maximum atomic E-state index is 12.4. The van der Waals surface area contributed by atoms with Gasteiger partial charge in [0.2, 0.25) is 6.04 Å². The molecule has 1 amide bonds. The van der Waals surface area contributed by atoms with E-state index in [1.807, 2.05) is 6.07 Å². The van der Waals surface area contributed by atoms with Crippen LogP contribution < -0.4 is 10.1 Å². The molecule has 140 valence electrons. The zero-order valence-corrected chi connectivity index (χ0v) is 15.0. The minimum atomic E-state index is -1.42. The standard InChI is InChI=1S/C18H18N4O5/c1-11-6-4-5-7-14(11)19-18(24)17(12(2)23)21-20-15-9-8-13(27-3)10-16(15)22(25)26/h4-10,17H,1-3H3,(H,19,24)/b21-20+. The number of hydrogen-bond donors (Lipinski definition) is 1. The number of ether oxygens (including phenoxy) is 1. The van der Waals surface area contributed by atoms with Gasteiger partial charge in [0.1, 0.15) is 5.75 Å². The van der Waals surface area contributed by atoms with Gasteiger partial charge >= 0.3 is 0 Å². The summed E-state index contributed by atoms with van der Waals surface area (Å²) in [6.45, 7) is 3.00. The second kappa shape index (κ2) is 8.65. The molecule has 0 aliphatic rings. The molecule has 0 aliphatic heterocycles. The van der Waals surface area contributed by atoms with Crippen LogP contribution in [0.15, 0.2) is 52.7 Å². The van der Waals surface area contributed by atoms with E-state index in [0.717, 1.165) is 5.56 Å². The molecule has 0 radical (unpaired) electrons. The Hall–Kier alpha value is -3.62. The predicted octanol–water partition coefficient (Wildman–Crippen LogP) is 3.59. The molecule has 0 bridgehead atoms. The molecule has 9 nitrogen and oxygen atoms in total. The Morgan fingerprint density at radius 1 is 1.22 bits per heavy atom. The van der Waals surface area contributed by atoms with Crippen LogP contribution in [0.25, 0.3) is 0 Å². The molecule has 0 aliphatic carbocycles. The summed E-state index contributed by atoms with van der Waals surface area (Å²) in [6, 6.07) is 9.62. The summed E-state index contributed by atoms with van der Waals surface area (Å²) in [5.41, 5.74) is 0.922. The minimum Gasteiger partial charge on any atom is -0.496 e. The second-order valence-corrected chi connectivity index (χ2v) is 5.64. The Morgan fingerprint density at radius 3 is 2.52 bits per heavy atom. The smallest absolute Gasteiger partial charge is 0.300 e. The van der Waals surface area contributed by atoms with Gasteiger partial charge in [-0.3, -0.25) is 19.7 Å². The number of nitrogens with zero attached hydrogens (tertiary/aromatic N) is 3. The monoisotopic (exact) mass is 370 g/mol. The number of carbonyl (C=O) groups is 2. The Balaban J connectivity index is 2.28. The molecule has 0 saturated heterocycles. The Labute approximate surface area is 155 Å². The van der Waals surface area contributed by atoms with Crippen molar-refractivity contribution in [2.24, 2.45) is 10.2 Å². The van der Waals surface area contributed by atoms with E-state index in [1.54, 1.807) is 25.1 Å². The number of rotatable bonds is 7. The number of aryl methyl sites for hydroxylation is 1. The predicted molar refractivity (Wildman–Crippen MR) is 98.4 cm³/mol. The van der Waals surface area contributed by atoms with Crippen LogP contribution in [0.5, 0.6) is 5.75 Å². The average Bonchev–Trinajstić information content (AvgIpc) is 2.63. The molecule has 2 aromatic carbocycles. The lowest BCUT2D eigenvalue weighted by atomic mass is 10.1. The Kier molecular flexibility index (Phi) is 6.32. The van der Waals surface area contributed by atoms with Crippen molar-refractivity contribution in [1.29, 1.82) is 0 Å². The lowest BCUT2D eigenvalue weighted by molar-refractivity contribution is -0.384. The molecule has 1 atom stereocenters. The highest BCUT2D eigenvalue weighted by Crippen LogP contribution is 2.31. The van der Waals surface area contributed by atoms with Gasteiger partial charge in [-0.15, -0.1) is 5.11 Å². The quantitative estimate of drug-likeness (QED) is 0.345. The maximum Gasteiger partial charge on any atom is 0.300 e. The average molecular weight is 370 g/mol. The van der Waals surface area contributed by atoms with Crippen LogP contribution in [0.2, 0.25) is 0 Å². The first-order valence-electron chi connectivity index (χ1n) is 7.93. The molecule has 2 rings (SSSR count). The maximum absolute atomic E-state index is 12.4. The molecule has 0 spiro atoms. The molecule has 1 N–H and O–H groups in total. The summed E-state index contributed by atoms with van der Waals surface area (Å²) < 4.78 is 4.94. The number of para-hydroxylation sites is 1. The summed E-state index contributed by atoms with van der Waals surface area (Å²) in [4.78, 5) is 34.8. The number of Topliss-reactive ketones (excluding diaryl/α,β-unsaturated/α-hetero) is 1. The van der Waals surface area contributed by atoms with Gasteiger partial charge in [-0.25, -0.2) is 0 Å². The fourth-order valence-corrected chi connectivity index (χ4v) is 2.21. The summed E-state index contributed by atoms with van der Waals surface area (Å²) in [5, 5.41) is 21.3. The number of azo groups is 1. The van der Waals surface area contributed by atoms with Crippen molar-refractivity contribution in [3.63, 3.8) is 0 Å². The summed E-state index contributed by atoms with van der Waals surface area (Å²) >= 11 is 0. The van der Waals surface area contributed by atoms with Crippen LogP contribution in [0.3, 0.4) is 0 Å². The van der Waals surface area contributed by atoms with Gasteiger partial charge in [-0.2, -0.15) is 5.11 Å². The third kappa shape index (κ3) is 4.94. The molecular weight excluding hydrogens is 352 g/mol. The third-order valence-corrected chi connectivity index (χ3v) is 3.70. The molecular formula is C18H18N4O5. The minimum absolute atomic E-state index is 0.0873. The number of carbonyl (C=O) groups excluding carboxylic acids is 2. The number of benzene rings is 2. The second-order valence-electron chi connectivity index (χ2n) is 5.64. The van der Waals surface area contributed by atoms with Crippen LogP contribution >= 0.6 is 0 Å². The van der Waals surface area contributed by atoms with E-state index in [0.29, 0.717) is 5.69 Å². The number of nitrogens with one attached hydrogen (secondary N) is 1. The van der Waals surface area contributed by atoms with E-state index < -0.39 is 22.7 Å². The van der Waals surface area contributed by atoms with E-state index in [-0.39, 0.29) is 17.1 Å². The first-order chi connectivity index (χ1) is 12.8. The largest absolute Gasteiger partial charge is 0.496 e. The van der Waals surface area contributed by atoms with Gasteiger partial charge < -0.3 is 10.1 Å². The van der Waals surface area contributed by atoms with Crippen LogP contribution in [0, 0.1) is 17.0 Å². The van der Waals surface area contributed by atoms with Crippen molar-refractivity contribution in [2.45, 2.75) is 19.9 Å². The highest BCUT2D eigenvalue weighted by molar-refractivity contribution is 6.10. The number of nitro groups is 1. The molecule has 0 aromatic heterocycles. The third-order valence-electron chi connectivity index (χ3n) is 3.70. The van der Waals surface area contributed by atoms with Gasteiger partial charge in [0.05, 0.1) is 18.1 Å². The lowest BCUT2D eigenvalue weighted by Gasteiger charge is -2.11. The van der Waals surface area contributed by atoms with Crippen molar-refractivity contribution >= 4 is 28.8 Å². The highest BCUT2D eigenvalue weighted by Gasteiger charge is 2.24. The molecule has 9 heteroatoms. The number of hydrogen-bond acceptors (Lipinski definition) is 7. The van der Waals surface area contributed by atoms with E-state index in [4.69, 9.17) is 4.74 Å². The SMILES string of the molecule is COc1ccc(/N=N/C(C(C)=O)C(=O)Nc2ccccc2C)c([N+](=O)[O-])c1. The van der Waals surface area contributed by atoms with E-state index in [2.05, 4.69) is 15.5 Å². The topological polar surface area (TPSA) is 123 Å². The number of nitro benzene ring substituents is 1. The van der Waals surface area contributed by atoms with E-state index >= 15 is 0 Å². The summed E-state index contributed by atoms with van der Waals surface area (Å²) in [5.74, 6) is -0.932. The molecule has 0 heterocycles. The zero-order valence-electron chi connectivity index (χ0n) is 15.0. The fourth-order valence-electron chi connectivity index (χ4n) is 2.21. The van der Waals surface area contributed by atoms with Gasteiger partial charge in [0, 0.05) is 5.69 Å². The van der Waals surface area contributed by atoms with Crippen molar-refractivity contribution in [2.75, 3.05) is 12.4 Å². The highest BCUT2D eigenvalue weighted by atomic mass is 16.6. The van der Waals surface area contributed by atoms with E-state index in [1.165, 1.54) is 32.2 Å². The number of anilines is 1. The number of ketones is 1. The van der Waals surface area contributed by atoms with Crippen molar-refractivity contribution in [1.82, 2.24) is 0 Å². The van der Waals surface area contributed by atoms with Crippen molar-refractivity contribution in [3.8, 4) is 5.75 Å². The fraction of sp³-hybridized carbons (Fsp3) is 0.222. The van der Waals surface area contributed by atoms with Gasteiger partial charge in [-0.05, 0) is 37.6 Å². The van der Waals surface area contributed by atoms with Crippen LogP contribution in [-0.4, -0.2) is 29.8 Å². The Bertz CT molecular complexity index is 910. The first-order valence-corrected chi connectivity index (χ1v) is 7.93. The van der Waals surface area contributed by atoms with Gasteiger partial charge in [0.15, 0.2) is 11.5 Å². The van der Waals surface area contributed by atoms with Crippen LogP contribution in [0.1, 0.15) is 12.5 Å². The number of amides is 1. The molecule has 1 unspecified atom stereocenters. The molecule has 0 saturated carbocycles. The Morgan fingerprint density at radius 2 is 1.93 bits per heavy atom. The molecule has 2 aromatic rings. The van der Waals surface area contributed by atoms with Crippen LogP contribution in [-0.2, 0) is 9.59 Å². The normalized spacial score (nSPS) is 11.8.